The predicted molar refractivity (Wildman–Crippen MR) is 113 cm³/mol. The number of nitro groups is 1. The molecule has 0 unspecified atom stereocenters. The number of carbonyl (C=O) groups excluding carboxylic acids is 1. The fourth-order valence-corrected chi connectivity index (χ4v) is 3.61. The Morgan fingerprint density at radius 3 is 2.39 bits per heavy atom. The monoisotopic (exact) mass is 434 g/mol. The van der Waals surface area contributed by atoms with Crippen molar-refractivity contribution in [1.82, 2.24) is 4.90 Å². The zero-order valence-electron chi connectivity index (χ0n) is 17.3. The molecule has 2 aromatic rings. The number of ether oxygens (including phenoxy) is 1. The van der Waals surface area contributed by atoms with E-state index in [1.807, 2.05) is 41.8 Å². The minimum absolute atomic E-state index is 0.122. The minimum Gasteiger partial charge on any atom is -0.432 e. The first-order valence-corrected chi connectivity index (χ1v) is 9.81. The van der Waals surface area contributed by atoms with Crippen molar-refractivity contribution in [3.63, 3.8) is 0 Å². The zero-order chi connectivity index (χ0) is 22.5. The highest BCUT2D eigenvalue weighted by Crippen LogP contribution is 2.34. The molecule has 3 rings (SSSR count). The van der Waals surface area contributed by atoms with Crippen LogP contribution < -0.4 is 15.0 Å². The number of hydrogen-bond donors (Lipinski definition) is 1. The van der Waals surface area contributed by atoms with Crippen LogP contribution in [0.3, 0.4) is 0 Å². The van der Waals surface area contributed by atoms with Gasteiger partial charge in [-0.1, -0.05) is 18.2 Å². The van der Waals surface area contributed by atoms with Crippen LogP contribution in [-0.2, 0) is 4.79 Å². The Hall–Kier alpha value is -3.27. The van der Waals surface area contributed by atoms with Gasteiger partial charge < -0.3 is 15.0 Å². The van der Waals surface area contributed by atoms with Gasteiger partial charge in [0.25, 0.3) is 5.69 Å². The van der Waals surface area contributed by atoms with Crippen LogP contribution in [0.1, 0.15) is 11.1 Å². The van der Waals surface area contributed by atoms with Gasteiger partial charge in [-0.25, -0.2) is 0 Å². The summed E-state index contributed by atoms with van der Waals surface area (Å²) >= 11 is 0. The largest absolute Gasteiger partial charge is 0.432 e. The normalized spacial score (nSPS) is 14.5. The summed E-state index contributed by atoms with van der Waals surface area (Å²) in [5, 5.41) is 13.9. The molecule has 0 aliphatic carbocycles. The Labute approximate surface area is 178 Å². The van der Waals surface area contributed by atoms with Gasteiger partial charge in [-0.15, -0.1) is 0 Å². The molecule has 10 heteroatoms. The minimum atomic E-state index is -3.09. The molecule has 0 aromatic heterocycles. The Morgan fingerprint density at radius 2 is 1.81 bits per heavy atom. The van der Waals surface area contributed by atoms with Gasteiger partial charge in [0, 0.05) is 37.9 Å². The predicted octanol–water partition coefficient (Wildman–Crippen LogP) is 3.57. The maximum absolute atomic E-state index is 12.8. The van der Waals surface area contributed by atoms with Gasteiger partial charge in [0.15, 0.2) is 5.75 Å². The van der Waals surface area contributed by atoms with Gasteiger partial charge in [0.2, 0.25) is 5.91 Å². The quantitative estimate of drug-likeness (QED) is 0.530. The fourth-order valence-electron chi connectivity index (χ4n) is 3.61. The standard InChI is InChI=1S/C21H24F2N4O4/c1-14-4-3-5-15(2)20(14)24-19(28)13-25-8-10-26(11-9-25)17-7-6-16(27(29)30)12-18(17)31-21(22)23/h3-7,12,21H,8-11,13H2,1-2H3,(H,24,28). The van der Waals surface area contributed by atoms with Crippen molar-refractivity contribution in [1.29, 1.82) is 0 Å². The number of piperazine rings is 1. The Bertz CT molecular complexity index is 942. The van der Waals surface area contributed by atoms with Crippen LogP contribution in [-0.4, -0.2) is 55.1 Å². The van der Waals surface area contributed by atoms with Crippen LogP contribution in [0.15, 0.2) is 36.4 Å². The number of amides is 1. The number of para-hydroxylation sites is 1. The SMILES string of the molecule is Cc1cccc(C)c1NC(=O)CN1CCN(c2ccc([N+](=O)[O-])cc2OC(F)F)CC1. The summed E-state index contributed by atoms with van der Waals surface area (Å²) in [4.78, 5) is 26.6. The molecule has 0 spiro atoms. The van der Waals surface area contributed by atoms with Crippen molar-refractivity contribution in [2.24, 2.45) is 0 Å². The highest BCUT2D eigenvalue weighted by molar-refractivity contribution is 5.93. The maximum Gasteiger partial charge on any atom is 0.387 e. The van der Waals surface area contributed by atoms with Crippen molar-refractivity contribution < 1.29 is 23.2 Å². The molecule has 1 saturated heterocycles. The number of hydrogen-bond acceptors (Lipinski definition) is 6. The van der Waals surface area contributed by atoms with Crippen LogP contribution >= 0.6 is 0 Å². The van der Waals surface area contributed by atoms with E-state index in [0.29, 0.717) is 31.9 Å². The van der Waals surface area contributed by atoms with Crippen LogP contribution in [0, 0.1) is 24.0 Å². The molecular weight excluding hydrogens is 410 g/mol. The lowest BCUT2D eigenvalue weighted by molar-refractivity contribution is -0.385. The van der Waals surface area contributed by atoms with E-state index in [2.05, 4.69) is 10.1 Å². The van der Waals surface area contributed by atoms with E-state index in [1.165, 1.54) is 12.1 Å². The number of benzene rings is 2. The third-order valence-corrected chi connectivity index (χ3v) is 5.20. The summed E-state index contributed by atoms with van der Waals surface area (Å²) in [7, 11) is 0. The van der Waals surface area contributed by atoms with Crippen molar-refractivity contribution in [2.45, 2.75) is 20.5 Å². The summed E-state index contributed by atoms with van der Waals surface area (Å²) in [6.07, 6.45) is 0. The van der Waals surface area contributed by atoms with E-state index in [-0.39, 0.29) is 23.9 Å². The first-order chi connectivity index (χ1) is 14.7. The second-order valence-electron chi connectivity index (χ2n) is 7.37. The number of alkyl halides is 2. The fraction of sp³-hybridized carbons (Fsp3) is 0.381. The molecule has 0 radical (unpaired) electrons. The van der Waals surface area contributed by atoms with Crippen LogP contribution in [0.2, 0.25) is 0 Å². The number of carbonyl (C=O) groups is 1. The lowest BCUT2D eigenvalue weighted by Gasteiger charge is -2.36. The average Bonchev–Trinajstić information content (AvgIpc) is 2.71. The van der Waals surface area contributed by atoms with Gasteiger partial charge in [0.05, 0.1) is 23.2 Å². The molecule has 8 nitrogen and oxygen atoms in total. The summed E-state index contributed by atoms with van der Waals surface area (Å²) in [5.74, 6) is -0.353. The summed E-state index contributed by atoms with van der Waals surface area (Å²) in [6.45, 7) is 2.99. The summed E-state index contributed by atoms with van der Waals surface area (Å²) < 4.78 is 30.1. The van der Waals surface area contributed by atoms with Crippen molar-refractivity contribution in [2.75, 3.05) is 42.9 Å². The third kappa shape index (κ3) is 5.66. The first kappa shape index (κ1) is 22.4. The molecule has 1 aliphatic rings. The number of nitrogens with one attached hydrogen (secondary N) is 1. The Balaban J connectivity index is 1.61. The van der Waals surface area contributed by atoms with Crippen molar-refractivity contribution >= 4 is 23.0 Å². The van der Waals surface area contributed by atoms with Crippen LogP contribution in [0.25, 0.3) is 0 Å². The second-order valence-corrected chi connectivity index (χ2v) is 7.37. The lowest BCUT2D eigenvalue weighted by Crippen LogP contribution is -2.48. The number of non-ortho nitro benzene ring substituents is 1. The maximum atomic E-state index is 12.8. The van der Waals surface area contributed by atoms with E-state index in [1.54, 1.807) is 0 Å². The molecule has 1 N–H and O–H groups in total. The average molecular weight is 434 g/mol. The van der Waals surface area contributed by atoms with Gasteiger partial charge >= 0.3 is 6.61 Å². The summed E-state index contributed by atoms with van der Waals surface area (Å²) in [6, 6.07) is 9.49. The highest BCUT2D eigenvalue weighted by Gasteiger charge is 2.24. The second kappa shape index (κ2) is 9.69. The molecule has 1 aliphatic heterocycles. The molecule has 166 valence electrons. The third-order valence-electron chi connectivity index (χ3n) is 5.20. The van der Waals surface area contributed by atoms with Crippen molar-refractivity contribution in [3.8, 4) is 5.75 Å². The highest BCUT2D eigenvalue weighted by atomic mass is 19.3. The van der Waals surface area contributed by atoms with Gasteiger partial charge in [-0.05, 0) is 31.0 Å². The van der Waals surface area contributed by atoms with E-state index in [4.69, 9.17) is 0 Å². The van der Waals surface area contributed by atoms with E-state index in [9.17, 15) is 23.7 Å². The topological polar surface area (TPSA) is 88.0 Å². The zero-order valence-corrected chi connectivity index (χ0v) is 17.3. The molecule has 0 atom stereocenters. The number of nitro benzene ring substituents is 1. The van der Waals surface area contributed by atoms with Gasteiger partial charge in [0.1, 0.15) is 0 Å². The molecule has 31 heavy (non-hydrogen) atoms. The molecule has 1 heterocycles. The van der Waals surface area contributed by atoms with Gasteiger partial charge in [-0.3, -0.25) is 19.8 Å². The molecule has 1 amide bonds. The Morgan fingerprint density at radius 1 is 1.16 bits per heavy atom. The smallest absolute Gasteiger partial charge is 0.387 e. The molecule has 2 aromatic carbocycles. The van der Waals surface area contributed by atoms with E-state index in [0.717, 1.165) is 22.9 Å². The number of rotatable bonds is 7. The lowest BCUT2D eigenvalue weighted by atomic mass is 10.1. The van der Waals surface area contributed by atoms with Gasteiger partial charge in [-0.2, -0.15) is 8.78 Å². The number of anilines is 2. The molecule has 0 bridgehead atoms. The van der Waals surface area contributed by atoms with E-state index < -0.39 is 11.5 Å². The van der Waals surface area contributed by atoms with E-state index >= 15 is 0 Å². The summed E-state index contributed by atoms with van der Waals surface area (Å²) in [5.41, 5.74) is 2.84. The number of halogens is 2. The molecular formula is C21H24F2N4O4. The van der Waals surface area contributed by atoms with Crippen molar-refractivity contribution in [3.05, 3.63) is 57.6 Å². The number of aryl methyl sites for hydroxylation is 2. The van der Waals surface area contributed by atoms with Crippen LogP contribution in [0.4, 0.5) is 25.8 Å². The first-order valence-electron chi connectivity index (χ1n) is 9.81. The molecule has 0 saturated carbocycles. The van der Waals surface area contributed by atoms with Crippen LogP contribution in [0.5, 0.6) is 5.75 Å². The number of nitrogens with zero attached hydrogens (tertiary/aromatic N) is 3. The Kier molecular flexibility index (Phi) is 7.01. The molecule has 1 fully saturated rings.